The van der Waals surface area contributed by atoms with Crippen molar-refractivity contribution in [1.82, 2.24) is 5.32 Å². The van der Waals surface area contributed by atoms with E-state index in [1.165, 1.54) is 6.92 Å². The van der Waals surface area contributed by atoms with Crippen LogP contribution < -0.4 is 10.1 Å². The largest absolute Gasteiger partial charge is 0.497 e. The normalized spacial score (nSPS) is 12.8. The highest BCUT2D eigenvalue weighted by Gasteiger charge is 2.29. The van der Waals surface area contributed by atoms with E-state index in [1.54, 1.807) is 57.4 Å². The van der Waals surface area contributed by atoms with Gasteiger partial charge in [0.2, 0.25) is 5.78 Å². The van der Waals surface area contributed by atoms with Crippen LogP contribution in [0.5, 0.6) is 5.75 Å². The third kappa shape index (κ3) is 5.67. The summed E-state index contributed by atoms with van der Waals surface area (Å²) in [5, 5.41) is 2.73. The van der Waals surface area contributed by atoms with E-state index in [0.29, 0.717) is 16.9 Å². The van der Waals surface area contributed by atoms with Crippen molar-refractivity contribution in [2.45, 2.75) is 39.8 Å². The van der Waals surface area contributed by atoms with Crippen LogP contribution in [0.25, 0.3) is 0 Å². The first kappa shape index (κ1) is 22.1. The van der Waals surface area contributed by atoms with Gasteiger partial charge in [-0.2, -0.15) is 0 Å². The number of nitrogens with one attached hydrogen (secondary N) is 1. The topological polar surface area (TPSA) is 81.7 Å². The summed E-state index contributed by atoms with van der Waals surface area (Å²) in [4.78, 5) is 37.8. The third-order valence-corrected chi connectivity index (χ3v) is 4.63. The predicted molar refractivity (Wildman–Crippen MR) is 110 cm³/mol. The van der Waals surface area contributed by atoms with Crippen LogP contribution in [0.4, 0.5) is 0 Å². The van der Waals surface area contributed by atoms with E-state index in [0.717, 1.165) is 5.56 Å². The molecule has 0 saturated carbocycles. The number of benzene rings is 2. The number of ether oxygens (including phenoxy) is 2. The SMILES string of the molecule is COc1ccc(C(=O)[C@H](C)OC(=O)[C@@H](NC(=O)c2ccccc2C)C(C)C)cc1. The Hall–Kier alpha value is -3.15. The Morgan fingerprint density at radius 1 is 0.931 bits per heavy atom. The molecule has 0 aliphatic rings. The van der Waals surface area contributed by atoms with E-state index in [4.69, 9.17) is 9.47 Å². The second-order valence-corrected chi connectivity index (χ2v) is 7.18. The Morgan fingerprint density at radius 3 is 2.10 bits per heavy atom. The van der Waals surface area contributed by atoms with Crippen molar-refractivity contribution in [2.24, 2.45) is 5.92 Å². The molecule has 0 radical (unpaired) electrons. The highest BCUT2D eigenvalue weighted by molar-refractivity contribution is 6.01. The van der Waals surface area contributed by atoms with Crippen molar-refractivity contribution in [3.8, 4) is 5.75 Å². The van der Waals surface area contributed by atoms with Gasteiger partial charge in [-0.1, -0.05) is 32.0 Å². The van der Waals surface area contributed by atoms with E-state index in [2.05, 4.69) is 5.32 Å². The quantitative estimate of drug-likeness (QED) is 0.544. The maximum atomic E-state index is 12.7. The summed E-state index contributed by atoms with van der Waals surface area (Å²) < 4.78 is 10.5. The molecule has 0 aliphatic carbocycles. The maximum absolute atomic E-state index is 12.7. The first-order valence-electron chi connectivity index (χ1n) is 9.49. The van der Waals surface area contributed by atoms with Crippen LogP contribution in [-0.2, 0) is 9.53 Å². The minimum absolute atomic E-state index is 0.209. The molecule has 1 amide bonds. The van der Waals surface area contributed by atoms with Gasteiger partial charge in [0.1, 0.15) is 11.8 Å². The summed E-state index contributed by atoms with van der Waals surface area (Å²) >= 11 is 0. The number of esters is 1. The van der Waals surface area contributed by atoms with Crippen molar-refractivity contribution in [3.05, 3.63) is 65.2 Å². The molecule has 154 valence electrons. The van der Waals surface area contributed by atoms with Crippen LogP contribution >= 0.6 is 0 Å². The second kappa shape index (κ2) is 9.87. The third-order valence-electron chi connectivity index (χ3n) is 4.63. The number of carbonyl (C=O) groups is 3. The zero-order valence-corrected chi connectivity index (χ0v) is 17.4. The Bertz CT molecular complexity index is 873. The molecule has 0 heterocycles. The van der Waals surface area contributed by atoms with Gasteiger partial charge in [0, 0.05) is 11.1 Å². The lowest BCUT2D eigenvalue weighted by atomic mass is 10.0. The van der Waals surface area contributed by atoms with Gasteiger partial charge >= 0.3 is 5.97 Å². The number of Topliss-reactive ketones (excluding diaryl/α,β-unsaturated/α-hetero) is 1. The fraction of sp³-hybridized carbons (Fsp3) is 0.348. The Morgan fingerprint density at radius 2 is 1.55 bits per heavy atom. The lowest BCUT2D eigenvalue weighted by Crippen LogP contribution is -2.46. The van der Waals surface area contributed by atoms with Gasteiger partial charge in [-0.3, -0.25) is 9.59 Å². The molecule has 0 aromatic heterocycles. The number of hydrogen-bond acceptors (Lipinski definition) is 5. The van der Waals surface area contributed by atoms with Crippen molar-refractivity contribution < 1.29 is 23.9 Å². The van der Waals surface area contributed by atoms with Crippen LogP contribution in [-0.4, -0.2) is 36.9 Å². The minimum Gasteiger partial charge on any atom is -0.497 e. The average molecular weight is 397 g/mol. The van der Waals surface area contributed by atoms with E-state index >= 15 is 0 Å². The lowest BCUT2D eigenvalue weighted by molar-refractivity contribution is -0.149. The Labute approximate surface area is 171 Å². The zero-order chi connectivity index (χ0) is 21.6. The zero-order valence-electron chi connectivity index (χ0n) is 17.4. The molecule has 29 heavy (non-hydrogen) atoms. The van der Waals surface area contributed by atoms with Crippen molar-refractivity contribution in [2.75, 3.05) is 7.11 Å². The first-order valence-corrected chi connectivity index (χ1v) is 9.49. The van der Waals surface area contributed by atoms with Crippen molar-refractivity contribution in [3.63, 3.8) is 0 Å². The molecule has 2 rings (SSSR count). The molecule has 1 N–H and O–H groups in total. The van der Waals surface area contributed by atoms with Gasteiger partial charge in [-0.05, 0) is 55.7 Å². The standard InChI is InChI=1S/C23H27NO5/c1-14(2)20(24-22(26)19-9-7-6-8-15(19)3)23(27)29-16(4)21(25)17-10-12-18(28-5)13-11-17/h6-14,16,20H,1-5H3,(H,24,26)/t16-,20-/m0/s1. The highest BCUT2D eigenvalue weighted by Crippen LogP contribution is 2.15. The molecule has 0 aliphatic heterocycles. The minimum atomic E-state index is -0.979. The lowest BCUT2D eigenvalue weighted by Gasteiger charge is -2.23. The fourth-order valence-electron chi connectivity index (χ4n) is 2.84. The van der Waals surface area contributed by atoms with Gasteiger partial charge in [0.25, 0.3) is 5.91 Å². The first-order chi connectivity index (χ1) is 13.7. The summed E-state index contributed by atoms with van der Waals surface area (Å²) in [6, 6.07) is 12.8. The van der Waals surface area contributed by atoms with Crippen molar-refractivity contribution in [1.29, 1.82) is 0 Å². The predicted octanol–water partition coefficient (Wildman–Crippen LogP) is 3.57. The van der Waals surface area contributed by atoms with Crippen LogP contribution in [0, 0.1) is 12.8 Å². The fourth-order valence-corrected chi connectivity index (χ4v) is 2.84. The van der Waals surface area contributed by atoms with E-state index in [9.17, 15) is 14.4 Å². The second-order valence-electron chi connectivity index (χ2n) is 7.18. The highest BCUT2D eigenvalue weighted by atomic mass is 16.5. The number of carbonyl (C=O) groups excluding carboxylic acids is 3. The smallest absolute Gasteiger partial charge is 0.329 e. The number of hydrogen-bond donors (Lipinski definition) is 1. The molecule has 0 unspecified atom stereocenters. The molecule has 0 bridgehead atoms. The maximum Gasteiger partial charge on any atom is 0.329 e. The van der Waals surface area contributed by atoms with Crippen LogP contribution in [0.2, 0.25) is 0 Å². The summed E-state index contributed by atoms with van der Waals surface area (Å²) in [7, 11) is 1.54. The van der Waals surface area contributed by atoms with E-state index in [-0.39, 0.29) is 17.6 Å². The monoisotopic (exact) mass is 397 g/mol. The van der Waals surface area contributed by atoms with Gasteiger partial charge < -0.3 is 14.8 Å². The number of ketones is 1. The molecular formula is C23H27NO5. The Balaban J connectivity index is 2.07. The van der Waals surface area contributed by atoms with Gasteiger partial charge in [-0.25, -0.2) is 4.79 Å². The van der Waals surface area contributed by atoms with Crippen LogP contribution in [0.15, 0.2) is 48.5 Å². The van der Waals surface area contributed by atoms with E-state index < -0.39 is 18.1 Å². The molecule has 0 spiro atoms. The summed E-state index contributed by atoms with van der Waals surface area (Å²) in [5.74, 6) is -0.901. The van der Waals surface area contributed by atoms with Crippen LogP contribution in [0.1, 0.15) is 47.1 Å². The summed E-state index contributed by atoms with van der Waals surface area (Å²) in [5.41, 5.74) is 1.72. The molecule has 0 fully saturated rings. The molecule has 2 aromatic carbocycles. The van der Waals surface area contributed by atoms with E-state index in [1.807, 2.05) is 19.1 Å². The Kier molecular flexibility index (Phi) is 7.53. The molecular weight excluding hydrogens is 370 g/mol. The van der Waals surface area contributed by atoms with Crippen LogP contribution in [0.3, 0.4) is 0 Å². The number of methoxy groups -OCH3 is 1. The van der Waals surface area contributed by atoms with Gasteiger partial charge in [0.15, 0.2) is 6.10 Å². The average Bonchev–Trinajstić information content (AvgIpc) is 2.71. The van der Waals surface area contributed by atoms with Crippen molar-refractivity contribution >= 4 is 17.7 Å². The molecule has 6 nitrogen and oxygen atoms in total. The number of aryl methyl sites for hydroxylation is 1. The number of amides is 1. The summed E-state index contributed by atoms with van der Waals surface area (Å²) in [6.07, 6.45) is -0.979. The van der Waals surface area contributed by atoms with Gasteiger partial charge in [-0.15, -0.1) is 0 Å². The number of rotatable bonds is 8. The molecule has 6 heteroatoms. The molecule has 0 saturated heterocycles. The molecule has 2 atom stereocenters. The molecule has 2 aromatic rings. The summed E-state index contributed by atoms with van der Waals surface area (Å²) in [6.45, 7) is 6.96. The van der Waals surface area contributed by atoms with Gasteiger partial charge in [0.05, 0.1) is 7.11 Å².